The first kappa shape index (κ1) is 21.0. The summed E-state index contributed by atoms with van der Waals surface area (Å²) in [4.78, 5) is 8.57. The Morgan fingerprint density at radius 1 is 0.933 bits per heavy atom. The minimum atomic E-state index is -0.463. The van der Waals surface area contributed by atoms with E-state index in [-0.39, 0.29) is 18.8 Å². The van der Waals surface area contributed by atoms with Gasteiger partial charge in [-0.15, -0.1) is 0 Å². The maximum Gasteiger partial charge on any atom is 0.187 e. The fourth-order valence-electron chi connectivity index (χ4n) is 3.36. The van der Waals surface area contributed by atoms with Crippen LogP contribution < -0.4 is 5.73 Å². The Balaban J connectivity index is 1.52. The van der Waals surface area contributed by atoms with Crippen molar-refractivity contribution in [1.29, 1.82) is 0 Å². The average Bonchev–Trinajstić information content (AvgIpc) is 2.83. The van der Waals surface area contributed by atoms with Crippen LogP contribution in [0.4, 0.5) is 0 Å². The lowest BCUT2D eigenvalue weighted by molar-refractivity contribution is -0.245. The topological polar surface area (TPSA) is 90.5 Å². The van der Waals surface area contributed by atoms with E-state index >= 15 is 0 Å². The summed E-state index contributed by atoms with van der Waals surface area (Å²) in [5, 5.41) is 10.1. The highest BCUT2D eigenvalue weighted by Crippen LogP contribution is 2.39. The highest BCUT2D eigenvalue weighted by Gasteiger charge is 2.32. The summed E-state index contributed by atoms with van der Waals surface area (Å²) in [6, 6.07) is 17.7. The van der Waals surface area contributed by atoms with Crippen molar-refractivity contribution in [3.8, 4) is 0 Å². The van der Waals surface area contributed by atoms with E-state index < -0.39 is 6.29 Å². The number of hydrogen-bond donors (Lipinski definition) is 2. The number of thioether (sulfide) groups is 1. The molecule has 0 saturated carbocycles. The molecule has 3 N–H and O–H groups in total. The Labute approximate surface area is 180 Å². The summed E-state index contributed by atoms with van der Waals surface area (Å²) in [6.07, 6.45) is 3.63. The smallest absolute Gasteiger partial charge is 0.187 e. The molecule has 1 aromatic heterocycles. The maximum absolute atomic E-state index is 9.32. The fourth-order valence-corrected chi connectivity index (χ4v) is 4.18. The lowest BCUT2D eigenvalue weighted by Gasteiger charge is -2.36. The number of benzene rings is 2. The molecule has 0 bridgehead atoms. The van der Waals surface area contributed by atoms with Gasteiger partial charge in [0.05, 0.1) is 18.8 Å². The molecule has 1 aliphatic heterocycles. The minimum absolute atomic E-state index is 0.0192. The van der Waals surface area contributed by atoms with Crippen LogP contribution in [0.5, 0.6) is 0 Å². The van der Waals surface area contributed by atoms with Gasteiger partial charge in [0.25, 0.3) is 0 Å². The molecule has 30 heavy (non-hydrogen) atoms. The van der Waals surface area contributed by atoms with Crippen LogP contribution in [-0.2, 0) is 22.6 Å². The van der Waals surface area contributed by atoms with Gasteiger partial charge in [0.2, 0.25) is 0 Å². The zero-order chi connectivity index (χ0) is 20.8. The second-order valence-electron chi connectivity index (χ2n) is 7.14. The van der Waals surface area contributed by atoms with E-state index in [9.17, 15) is 5.11 Å². The van der Waals surface area contributed by atoms with Crippen LogP contribution in [0.25, 0.3) is 0 Å². The van der Waals surface area contributed by atoms with Gasteiger partial charge in [-0.2, -0.15) is 0 Å². The molecule has 3 atom stereocenters. The Hall–Kier alpha value is -2.29. The van der Waals surface area contributed by atoms with Gasteiger partial charge in [0, 0.05) is 36.7 Å². The predicted molar refractivity (Wildman–Crippen MR) is 116 cm³/mol. The molecule has 7 heteroatoms. The molecule has 1 fully saturated rings. The lowest BCUT2D eigenvalue weighted by atomic mass is 10.0. The van der Waals surface area contributed by atoms with Crippen molar-refractivity contribution < 1.29 is 14.6 Å². The normalized spacial score (nSPS) is 21.5. The standard InChI is InChI=1S/C23H25N3O3S/c24-13-16-2-8-19(9-3-16)22-28-20(15-30-23-25-10-1-11-26-23)12-21(29-22)18-6-4-17(14-27)5-7-18/h1-11,20-22,27H,12-15,24H2/t20-,21+,22+/m1/s1. The minimum Gasteiger partial charge on any atom is -0.392 e. The molecule has 0 spiro atoms. The molecular formula is C23H25N3O3S. The van der Waals surface area contributed by atoms with Crippen molar-refractivity contribution in [3.05, 3.63) is 89.2 Å². The number of nitrogens with two attached hydrogens (primary N) is 1. The van der Waals surface area contributed by atoms with Crippen LogP contribution in [0, 0.1) is 0 Å². The molecule has 0 radical (unpaired) electrons. The lowest BCUT2D eigenvalue weighted by Crippen LogP contribution is -2.31. The van der Waals surface area contributed by atoms with E-state index in [4.69, 9.17) is 15.2 Å². The van der Waals surface area contributed by atoms with Gasteiger partial charge >= 0.3 is 0 Å². The molecule has 4 rings (SSSR count). The molecule has 2 aromatic carbocycles. The van der Waals surface area contributed by atoms with E-state index in [2.05, 4.69) is 9.97 Å². The van der Waals surface area contributed by atoms with Crippen LogP contribution in [-0.4, -0.2) is 26.9 Å². The predicted octanol–water partition coefficient (Wildman–Crippen LogP) is 3.77. The van der Waals surface area contributed by atoms with Crippen LogP contribution in [0.3, 0.4) is 0 Å². The van der Waals surface area contributed by atoms with Crippen molar-refractivity contribution in [2.24, 2.45) is 5.73 Å². The Morgan fingerprint density at radius 2 is 1.60 bits per heavy atom. The quantitative estimate of drug-likeness (QED) is 0.442. The number of aliphatic hydroxyl groups excluding tert-OH is 1. The first-order valence-electron chi connectivity index (χ1n) is 9.94. The summed E-state index contributed by atoms with van der Waals surface area (Å²) < 4.78 is 12.6. The molecule has 3 aromatic rings. The van der Waals surface area contributed by atoms with E-state index in [1.54, 1.807) is 24.2 Å². The van der Waals surface area contributed by atoms with Gasteiger partial charge in [-0.1, -0.05) is 60.3 Å². The Morgan fingerprint density at radius 3 is 2.27 bits per heavy atom. The van der Waals surface area contributed by atoms with Gasteiger partial charge in [-0.3, -0.25) is 0 Å². The summed E-state index contributed by atoms with van der Waals surface area (Å²) in [7, 11) is 0. The van der Waals surface area contributed by atoms with E-state index in [0.717, 1.165) is 39.6 Å². The monoisotopic (exact) mass is 423 g/mol. The molecule has 2 heterocycles. The fraction of sp³-hybridized carbons (Fsp3) is 0.304. The van der Waals surface area contributed by atoms with Gasteiger partial charge in [0.1, 0.15) is 0 Å². The second kappa shape index (κ2) is 10.1. The number of rotatable bonds is 7. The van der Waals surface area contributed by atoms with Crippen molar-refractivity contribution >= 4 is 11.8 Å². The molecule has 0 unspecified atom stereocenters. The van der Waals surface area contributed by atoms with Crippen molar-refractivity contribution in [3.63, 3.8) is 0 Å². The van der Waals surface area contributed by atoms with Crippen LogP contribution in [0.15, 0.2) is 72.1 Å². The Kier molecular flexibility index (Phi) is 7.09. The van der Waals surface area contributed by atoms with Crippen LogP contribution >= 0.6 is 11.8 Å². The third-order valence-corrected chi connectivity index (χ3v) is 6.05. The summed E-state index contributed by atoms with van der Waals surface area (Å²) in [5.74, 6) is 0.732. The van der Waals surface area contributed by atoms with E-state index in [1.165, 1.54) is 0 Å². The summed E-state index contributed by atoms with van der Waals surface area (Å²) in [5.41, 5.74) is 9.71. The first-order valence-corrected chi connectivity index (χ1v) is 10.9. The van der Waals surface area contributed by atoms with Gasteiger partial charge in [-0.25, -0.2) is 9.97 Å². The molecule has 1 aliphatic rings. The number of aliphatic hydroxyl groups is 1. The number of aromatic nitrogens is 2. The van der Waals surface area contributed by atoms with Gasteiger partial charge in [-0.05, 0) is 22.8 Å². The largest absolute Gasteiger partial charge is 0.392 e. The van der Waals surface area contributed by atoms with Gasteiger partial charge in [0.15, 0.2) is 11.4 Å². The third-order valence-electron chi connectivity index (χ3n) is 5.04. The zero-order valence-electron chi connectivity index (χ0n) is 16.6. The average molecular weight is 424 g/mol. The highest BCUT2D eigenvalue weighted by atomic mass is 32.2. The van der Waals surface area contributed by atoms with Crippen LogP contribution in [0.1, 0.15) is 41.1 Å². The molecule has 156 valence electrons. The van der Waals surface area contributed by atoms with Gasteiger partial charge < -0.3 is 20.3 Å². The van der Waals surface area contributed by atoms with Crippen LogP contribution in [0.2, 0.25) is 0 Å². The maximum atomic E-state index is 9.32. The zero-order valence-corrected chi connectivity index (χ0v) is 17.4. The molecule has 1 saturated heterocycles. The van der Waals surface area contributed by atoms with Crippen molar-refractivity contribution in [2.75, 3.05) is 5.75 Å². The number of nitrogens with zero attached hydrogens (tertiary/aromatic N) is 2. The highest BCUT2D eigenvalue weighted by molar-refractivity contribution is 7.99. The third kappa shape index (κ3) is 5.24. The number of hydrogen-bond acceptors (Lipinski definition) is 7. The second-order valence-corrected chi connectivity index (χ2v) is 8.13. The summed E-state index contributed by atoms with van der Waals surface area (Å²) in [6.45, 7) is 0.532. The SMILES string of the molecule is NCc1ccc([C@H]2O[C@@H](CSc3ncccn3)C[C@@H](c3ccc(CO)cc3)O2)cc1. The molecule has 0 aliphatic carbocycles. The number of ether oxygens (including phenoxy) is 2. The van der Waals surface area contributed by atoms with Crippen molar-refractivity contribution in [1.82, 2.24) is 9.97 Å². The molecule has 0 amide bonds. The van der Waals surface area contributed by atoms with E-state index in [1.807, 2.05) is 54.6 Å². The Bertz CT molecular complexity index is 867. The summed E-state index contributed by atoms with van der Waals surface area (Å²) >= 11 is 1.58. The van der Waals surface area contributed by atoms with E-state index in [0.29, 0.717) is 6.54 Å². The molecular weight excluding hydrogens is 398 g/mol. The first-order chi connectivity index (χ1) is 14.7. The van der Waals surface area contributed by atoms with Crippen molar-refractivity contribution in [2.45, 2.75) is 43.2 Å². The molecule has 6 nitrogen and oxygen atoms in total.